The van der Waals surface area contributed by atoms with E-state index < -0.39 is 23.6 Å². The molecule has 0 aromatic heterocycles. The molecule has 0 bridgehead atoms. The van der Waals surface area contributed by atoms with E-state index in [0.717, 1.165) is 39.1 Å². The Balaban J connectivity index is 1.65. The summed E-state index contributed by atoms with van der Waals surface area (Å²) in [6, 6.07) is 3.73. The number of carbonyl (C=O) groups is 2. The number of aliphatic hydroxyl groups excluding tert-OH is 1. The van der Waals surface area contributed by atoms with E-state index in [4.69, 9.17) is 28.3 Å². The molecule has 2 aliphatic heterocycles. The molecule has 12 heteroatoms. The van der Waals surface area contributed by atoms with Gasteiger partial charge in [-0.2, -0.15) is 0 Å². The van der Waals surface area contributed by atoms with E-state index in [1.165, 1.54) is 24.3 Å². The van der Waals surface area contributed by atoms with Crippen LogP contribution in [0, 0.1) is 11.7 Å². The SMILES string of the molecule is C\C(=C/C(Cl)=C(F)\C=C\[C@@H]1CN[C@@H](C(=O)NCCCN2CCN(CCO)CC2)C1c1ccc(F)c(Cl)c1)NC=O. The first-order valence-electron chi connectivity index (χ1n) is 13.4. The molecule has 2 amide bonds. The zero-order chi connectivity index (χ0) is 29.1. The fourth-order valence-corrected chi connectivity index (χ4v) is 5.47. The number of aliphatic hydroxyl groups is 1. The van der Waals surface area contributed by atoms with Gasteiger partial charge < -0.3 is 26.0 Å². The molecular weight excluding hydrogens is 563 g/mol. The highest BCUT2D eigenvalue weighted by molar-refractivity contribution is 6.31. The molecule has 2 heterocycles. The molecule has 3 atom stereocenters. The molecule has 1 aromatic rings. The Morgan fingerprint density at radius 2 is 1.93 bits per heavy atom. The van der Waals surface area contributed by atoms with Crippen molar-refractivity contribution < 1.29 is 23.5 Å². The monoisotopic (exact) mass is 599 g/mol. The van der Waals surface area contributed by atoms with Gasteiger partial charge in [0.15, 0.2) is 0 Å². The van der Waals surface area contributed by atoms with Gasteiger partial charge in [-0.05, 0) is 55.7 Å². The minimum atomic E-state index is -0.699. The Bertz CT molecular complexity index is 1110. The normalized spacial score (nSPS) is 23.4. The Morgan fingerprint density at radius 1 is 1.23 bits per heavy atom. The minimum absolute atomic E-state index is 0.0530. The van der Waals surface area contributed by atoms with Gasteiger partial charge in [-0.3, -0.25) is 14.5 Å². The van der Waals surface area contributed by atoms with Gasteiger partial charge in [0.1, 0.15) is 11.6 Å². The molecule has 0 spiro atoms. The van der Waals surface area contributed by atoms with Gasteiger partial charge in [0.05, 0.1) is 22.7 Å². The Kier molecular flexibility index (Phi) is 13.0. The van der Waals surface area contributed by atoms with Crippen molar-refractivity contribution in [3.8, 4) is 0 Å². The number of hydrogen-bond donors (Lipinski definition) is 4. The molecule has 2 saturated heterocycles. The standard InChI is InChI=1S/C28H37Cl2F2N5O3/c1-19(35-18-39)15-22(29)24(31)6-4-21-17-34-27(26(21)20-3-5-25(32)23(30)16-20)28(40)33-7-2-8-36-9-11-37(12-10-36)13-14-38/h3-6,15-16,18,21,26-27,34,38H,2,7-14,17H2,1H3,(H,33,40)(H,35,39)/b6-4+,19-15+,24-22-/t21-,26?,27-/m1/s1. The van der Waals surface area contributed by atoms with Crippen LogP contribution in [0.15, 0.2) is 53.0 Å². The quantitative estimate of drug-likeness (QED) is 0.158. The zero-order valence-electron chi connectivity index (χ0n) is 22.5. The maximum Gasteiger partial charge on any atom is 0.237 e. The van der Waals surface area contributed by atoms with E-state index in [0.29, 0.717) is 37.3 Å². The van der Waals surface area contributed by atoms with Crippen molar-refractivity contribution in [1.29, 1.82) is 0 Å². The average Bonchev–Trinajstić information content (AvgIpc) is 3.36. The number of nitrogens with one attached hydrogen (secondary N) is 3. The van der Waals surface area contributed by atoms with Gasteiger partial charge in [-0.15, -0.1) is 0 Å². The molecule has 1 unspecified atom stereocenters. The van der Waals surface area contributed by atoms with E-state index in [-0.39, 0.29) is 28.5 Å². The summed E-state index contributed by atoms with van der Waals surface area (Å²) in [5.41, 5.74) is 1.04. The molecule has 1 aromatic carbocycles. The summed E-state index contributed by atoms with van der Waals surface area (Å²) >= 11 is 12.1. The summed E-state index contributed by atoms with van der Waals surface area (Å²) in [4.78, 5) is 28.4. The lowest BCUT2D eigenvalue weighted by Crippen LogP contribution is -2.48. The molecule has 0 aliphatic carbocycles. The number of piperazine rings is 1. The second-order valence-corrected chi connectivity index (χ2v) is 10.8. The van der Waals surface area contributed by atoms with E-state index in [2.05, 4.69) is 25.8 Å². The average molecular weight is 601 g/mol. The largest absolute Gasteiger partial charge is 0.395 e. The smallest absolute Gasteiger partial charge is 0.237 e. The molecule has 0 radical (unpaired) electrons. The van der Waals surface area contributed by atoms with Crippen molar-refractivity contribution in [2.45, 2.75) is 25.3 Å². The first-order valence-corrected chi connectivity index (χ1v) is 14.1. The number of β-amino-alcohol motifs (C(OH)–C–C–N with tert-alkyl or cyclic N) is 1. The van der Waals surface area contributed by atoms with Crippen LogP contribution in [-0.2, 0) is 9.59 Å². The number of benzene rings is 1. The molecule has 8 nitrogen and oxygen atoms in total. The second-order valence-electron chi connectivity index (χ2n) is 9.95. The van der Waals surface area contributed by atoms with Crippen LogP contribution in [0.25, 0.3) is 0 Å². The lowest BCUT2D eigenvalue weighted by molar-refractivity contribution is -0.123. The second kappa shape index (κ2) is 16.2. The van der Waals surface area contributed by atoms with Gasteiger partial charge in [-0.1, -0.05) is 35.3 Å². The highest BCUT2D eigenvalue weighted by Crippen LogP contribution is 2.36. The number of allylic oxidation sites excluding steroid dienone is 5. The summed E-state index contributed by atoms with van der Waals surface area (Å²) < 4.78 is 28.6. The predicted octanol–water partition coefficient (Wildman–Crippen LogP) is 2.89. The van der Waals surface area contributed by atoms with Crippen LogP contribution < -0.4 is 16.0 Å². The van der Waals surface area contributed by atoms with Crippen LogP contribution in [0.4, 0.5) is 8.78 Å². The van der Waals surface area contributed by atoms with Gasteiger partial charge >= 0.3 is 0 Å². The minimum Gasteiger partial charge on any atom is -0.395 e. The number of rotatable bonds is 13. The first-order chi connectivity index (χ1) is 19.2. The Labute approximate surface area is 244 Å². The third-order valence-corrected chi connectivity index (χ3v) is 7.76. The summed E-state index contributed by atoms with van der Waals surface area (Å²) in [6.45, 7) is 7.87. The lowest BCUT2D eigenvalue weighted by Gasteiger charge is -2.34. The van der Waals surface area contributed by atoms with Crippen LogP contribution in [0.3, 0.4) is 0 Å². The van der Waals surface area contributed by atoms with Crippen LogP contribution in [0.1, 0.15) is 24.8 Å². The fourth-order valence-electron chi connectivity index (χ4n) is 5.05. The topological polar surface area (TPSA) is 96.9 Å². The summed E-state index contributed by atoms with van der Waals surface area (Å²) in [6.07, 6.45) is 5.42. The third-order valence-electron chi connectivity index (χ3n) is 7.18. The van der Waals surface area contributed by atoms with Crippen molar-refractivity contribution in [3.63, 3.8) is 0 Å². The van der Waals surface area contributed by atoms with Crippen molar-refractivity contribution in [2.24, 2.45) is 5.92 Å². The molecule has 0 saturated carbocycles. The van der Waals surface area contributed by atoms with E-state index in [1.54, 1.807) is 19.1 Å². The number of halogens is 4. The molecular formula is C28H37Cl2F2N5O3. The Morgan fingerprint density at radius 3 is 2.58 bits per heavy atom. The molecule has 2 fully saturated rings. The van der Waals surface area contributed by atoms with Gasteiger partial charge in [-0.25, -0.2) is 8.78 Å². The van der Waals surface area contributed by atoms with Crippen molar-refractivity contribution >= 4 is 35.5 Å². The first kappa shape index (κ1) is 32.2. The number of amides is 2. The molecule has 4 N–H and O–H groups in total. The maximum atomic E-state index is 14.7. The highest BCUT2D eigenvalue weighted by atomic mass is 35.5. The summed E-state index contributed by atoms with van der Waals surface area (Å²) in [5, 5.41) is 17.5. The van der Waals surface area contributed by atoms with E-state index in [9.17, 15) is 18.4 Å². The number of nitrogens with zero attached hydrogens (tertiary/aromatic N) is 2. The molecule has 220 valence electrons. The van der Waals surface area contributed by atoms with Crippen LogP contribution in [-0.4, -0.2) is 92.2 Å². The van der Waals surface area contributed by atoms with E-state index >= 15 is 0 Å². The molecule has 2 aliphatic rings. The number of hydrogen-bond acceptors (Lipinski definition) is 6. The third kappa shape index (κ3) is 9.36. The zero-order valence-corrected chi connectivity index (χ0v) is 24.0. The fraction of sp³-hybridized carbons (Fsp3) is 0.500. The molecule has 40 heavy (non-hydrogen) atoms. The van der Waals surface area contributed by atoms with Gasteiger partial charge in [0.25, 0.3) is 0 Å². The van der Waals surface area contributed by atoms with Crippen LogP contribution in [0.5, 0.6) is 0 Å². The lowest BCUT2D eigenvalue weighted by atomic mass is 9.83. The Hall–Kier alpha value is -2.34. The van der Waals surface area contributed by atoms with Gasteiger partial charge in [0, 0.05) is 57.4 Å². The van der Waals surface area contributed by atoms with Crippen LogP contribution >= 0.6 is 23.2 Å². The number of carbonyl (C=O) groups excluding carboxylic acids is 2. The van der Waals surface area contributed by atoms with Crippen molar-refractivity contribution in [2.75, 3.05) is 59.0 Å². The van der Waals surface area contributed by atoms with Gasteiger partial charge in [0.2, 0.25) is 12.3 Å². The predicted molar refractivity (Wildman–Crippen MR) is 153 cm³/mol. The van der Waals surface area contributed by atoms with Crippen molar-refractivity contribution in [1.82, 2.24) is 25.8 Å². The molecule has 3 rings (SSSR count). The highest BCUT2D eigenvalue weighted by Gasteiger charge is 2.40. The van der Waals surface area contributed by atoms with E-state index in [1.807, 2.05) is 0 Å². The maximum absolute atomic E-state index is 14.7. The van der Waals surface area contributed by atoms with Crippen LogP contribution in [0.2, 0.25) is 5.02 Å². The van der Waals surface area contributed by atoms with Crippen molar-refractivity contribution in [3.05, 3.63) is 69.4 Å². The summed E-state index contributed by atoms with van der Waals surface area (Å²) in [5.74, 6) is -2.18. The summed E-state index contributed by atoms with van der Waals surface area (Å²) in [7, 11) is 0.